The average Bonchev–Trinajstić information content (AvgIpc) is 2.70. The minimum Gasteiger partial charge on any atom is -0.379 e. The van der Waals surface area contributed by atoms with Crippen molar-refractivity contribution in [1.29, 1.82) is 0 Å². The number of hydrogen-bond acceptors (Lipinski definition) is 4. The monoisotopic (exact) mass is 415 g/mol. The summed E-state index contributed by atoms with van der Waals surface area (Å²) in [6, 6.07) is 8.46. The highest BCUT2D eigenvalue weighted by molar-refractivity contribution is 5.93. The molecule has 7 heteroatoms. The molecular formula is C23H37N5O2. The zero-order chi connectivity index (χ0) is 21.3. The van der Waals surface area contributed by atoms with E-state index in [1.54, 1.807) is 7.05 Å². The van der Waals surface area contributed by atoms with Crippen LogP contribution < -0.4 is 16.0 Å². The van der Waals surface area contributed by atoms with Crippen molar-refractivity contribution in [2.45, 2.75) is 45.7 Å². The standard InChI is InChI=1S/C23H37N5O2/c1-17(2)21(28-10-12-30-13-11-28)16-26-23(24-3)25-15-18-6-4-9-20(14-18)27-22(29)19-7-5-8-19/h4,6,9,14,17,19,21H,5,7-8,10-13,15-16H2,1-3H3,(H,27,29)(H2,24,25,26). The fourth-order valence-corrected chi connectivity index (χ4v) is 3.98. The Labute approximate surface area is 180 Å². The van der Waals surface area contributed by atoms with Gasteiger partial charge in [0.15, 0.2) is 5.96 Å². The molecule has 0 bridgehead atoms. The van der Waals surface area contributed by atoms with Gasteiger partial charge in [0.2, 0.25) is 5.91 Å². The van der Waals surface area contributed by atoms with Crippen molar-refractivity contribution in [3.8, 4) is 0 Å². The molecule has 1 heterocycles. The third kappa shape index (κ3) is 6.44. The third-order valence-corrected chi connectivity index (χ3v) is 6.12. The summed E-state index contributed by atoms with van der Waals surface area (Å²) in [7, 11) is 1.80. The van der Waals surface area contributed by atoms with Crippen molar-refractivity contribution in [3.05, 3.63) is 29.8 Å². The first-order chi connectivity index (χ1) is 14.6. The zero-order valence-electron chi connectivity index (χ0n) is 18.6. The Kier molecular flexibility index (Phi) is 8.51. The van der Waals surface area contributed by atoms with Crippen LogP contribution in [0.1, 0.15) is 38.7 Å². The predicted octanol–water partition coefficient (Wildman–Crippen LogP) is 2.45. The Bertz CT molecular complexity index is 711. The molecule has 7 nitrogen and oxygen atoms in total. The number of hydrogen-bond donors (Lipinski definition) is 3. The lowest BCUT2D eigenvalue weighted by Crippen LogP contribution is -2.52. The zero-order valence-corrected chi connectivity index (χ0v) is 18.6. The van der Waals surface area contributed by atoms with Gasteiger partial charge in [-0.3, -0.25) is 14.7 Å². The molecular weight excluding hydrogens is 378 g/mol. The van der Waals surface area contributed by atoms with E-state index in [2.05, 4.69) is 45.8 Å². The first kappa shape index (κ1) is 22.6. The van der Waals surface area contributed by atoms with Gasteiger partial charge in [0.25, 0.3) is 0 Å². The first-order valence-electron chi connectivity index (χ1n) is 11.2. The van der Waals surface area contributed by atoms with E-state index >= 15 is 0 Å². The first-order valence-corrected chi connectivity index (χ1v) is 11.2. The molecule has 1 saturated carbocycles. The molecule has 0 aromatic heterocycles. The van der Waals surface area contributed by atoms with Crippen LogP contribution in [0.5, 0.6) is 0 Å². The molecule has 1 aromatic rings. The van der Waals surface area contributed by atoms with Gasteiger partial charge in [-0.25, -0.2) is 0 Å². The van der Waals surface area contributed by atoms with Crippen molar-refractivity contribution in [2.24, 2.45) is 16.8 Å². The molecule has 1 aliphatic heterocycles. The molecule has 3 N–H and O–H groups in total. The maximum absolute atomic E-state index is 12.2. The fourth-order valence-electron chi connectivity index (χ4n) is 3.98. The lowest BCUT2D eigenvalue weighted by molar-refractivity contribution is -0.122. The summed E-state index contributed by atoms with van der Waals surface area (Å²) < 4.78 is 5.50. The number of benzene rings is 1. The molecule has 1 saturated heterocycles. The molecule has 2 fully saturated rings. The Morgan fingerprint density at radius 2 is 2.00 bits per heavy atom. The summed E-state index contributed by atoms with van der Waals surface area (Å²) in [5.74, 6) is 1.67. The molecule has 30 heavy (non-hydrogen) atoms. The molecule has 1 aliphatic carbocycles. The van der Waals surface area contributed by atoms with Crippen LogP contribution in [-0.2, 0) is 16.1 Å². The highest BCUT2D eigenvalue weighted by Gasteiger charge is 2.25. The van der Waals surface area contributed by atoms with Crippen LogP contribution in [0.25, 0.3) is 0 Å². The van der Waals surface area contributed by atoms with Crippen molar-refractivity contribution in [1.82, 2.24) is 15.5 Å². The van der Waals surface area contributed by atoms with E-state index in [-0.39, 0.29) is 11.8 Å². The van der Waals surface area contributed by atoms with Crippen molar-refractivity contribution in [3.63, 3.8) is 0 Å². The van der Waals surface area contributed by atoms with Crippen LogP contribution in [0.15, 0.2) is 29.3 Å². The average molecular weight is 416 g/mol. The summed E-state index contributed by atoms with van der Waals surface area (Å²) in [5, 5.41) is 9.92. The van der Waals surface area contributed by atoms with Crippen molar-refractivity contribution < 1.29 is 9.53 Å². The van der Waals surface area contributed by atoms with Crippen LogP contribution in [0.4, 0.5) is 5.69 Å². The maximum Gasteiger partial charge on any atom is 0.227 e. The SMILES string of the molecule is CN=C(NCc1cccc(NC(=O)C2CCC2)c1)NCC(C(C)C)N1CCOCC1. The van der Waals surface area contributed by atoms with Gasteiger partial charge in [-0.05, 0) is 36.5 Å². The molecule has 3 rings (SSSR count). The second kappa shape index (κ2) is 11.3. The molecule has 1 atom stereocenters. The van der Waals surface area contributed by atoms with E-state index in [0.717, 1.165) is 69.3 Å². The number of carbonyl (C=O) groups excluding carboxylic acids is 1. The minimum atomic E-state index is 0.145. The second-order valence-corrected chi connectivity index (χ2v) is 8.58. The molecule has 2 aliphatic rings. The van der Waals surface area contributed by atoms with Crippen LogP contribution in [0.2, 0.25) is 0 Å². The number of nitrogens with zero attached hydrogens (tertiary/aromatic N) is 2. The van der Waals surface area contributed by atoms with Crippen LogP contribution >= 0.6 is 0 Å². The number of carbonyl (C=O) groups is 1. The van der Waals surface area contributed by atoms with Gasteiger partial charge < -0.3 is 20.7 Å². The molecule has 1 aromatic carbocycles. The van der Waals surface area contributed by atoms with E-state index in [0.29, 0.717) is 18.5 Å². The van der Waals surface area contributed by atoms with Crippen LogP contribution in [-0.4, -0.2) is 62.7 Å². The van der Waals surface area contributed by atoms with Crippen molar-refractivity contribution in [2.75, 3.05) is 45.2 Å². The Balaban J connectivity index is 1.48. The number of aliphatic imine (C=N–C) groups is 1. The number of ether oxygens (including phenoxy) is 1. The van der Waals surface area contributed by atoms with Crippen LogP contribution in [0, 0.1) is 11.8 Å². The number of anilines is 1. The Morgan fingerprint density at radius 3 is 2.63 bits per heavy atom. The highest BCUT2D eigenvalue weighted by atomic mass is 16.5. The summed E-state index contributed by atoms with van der Waals surface area (Å²) in [5.41, 5.74) is 1.97. The topological polar surface area (TPSA) is 78.0 Å². The lowest BCUT2D eigenvalue weighted by atomic mass is 9.85. The van der Waals surface area contributed by atoms with Gasteiger partial charge in [-0.1, -0.05) is 32.4 Å². The van der Waals surface area contributed by atoms with Gasteiger partial charge in [0, 0.05) is 50.9 Å². The molecule has 166 valence electrons. The summed E-state index contributed by atoms with van der Waals surface area (Å²) in [6.45, 7) is 9.60. The molecule has 1 amide bonds. The minimum absolute atomic E-state index is 0.145. The molecule has 0 spiro atoms. The Hall–Kier alpha value is -2.12. The van der Waals surface area contributed by atoms with Gasteiger partial charge in [0.05, 0.1) is 13.2 Å². The third-order valence-electron chi connectivity index (χ3n) is 6.12. The predicted molar refractivity (Wildman–Crippen MR) is 122 cm³/mol. The van der Waals surface area contributed by atoms with E-state index in [1.807, 2.05) is 18.2 Å². The largest absolute Gasteiger partial charge is 0.379 e. The van der Waals surface area contributed by atoms with E-state index in [9.17, 15) is 4.79 Å². The summed E-state index contributed by atoms with van der Waals surface area (Å²) >= 11 is 0. The summed E-state index contributed by atoms with van der Waals surface area (Å²) in [6.07, 6.45) is 3.19. The molecule has 0 radical (unpaired) electrons. The fraction of sp³-hybridized carbons (Fsp3) is 0.652. The van der Waals surface area contributed by atoms with E-state index < -0.39 is 0 Å². The maximum atomic E-state index is 12.2. The van der Waals surface area contributed by atoms with Crippen LogP contribution in [0.3, 0.4) is 0 Å². The normalized spacial score (nSPS) is 19.3. The van der Waals surface area contributed by atoms with Gasteiger partial charge in [-0.15, -0.1) is 0 Å². The number of nitrogens with one attached hydrogen (secondary N) is 3. The number of amides is 1. The number of rotatable bonds is 8. The lowest BCUT2D eigenvalue weighted by Gasteiger charge is -2.37. The summed E-state index contributed by atoms with van der Waals surface area (Å²) in [4.78, 5) is 19.1. The van der Waals surface area contributed by atoms with Gasteiger partial charge >= 0.3 is 0 Å². The smallest absolute Gasteiger partial charge is 0.227 e. The van der Waals surface area contributed by atoms with Gasteiger partial charge in [-0.2, -0.15) is 0 Å². The number of morpholine rings is 1. The van der Waals surface area contributed by atoms with Gasteiger partial charge in [0.1, 0.15) is 0 Å². The number of guanidine groups is 1. The second-order valence-electron chi connectivity index (χ2n) is 8.58. The quantitative estimate of drug-likeness (QED) is 0.449. The highest BCUT2D eigenvalue weighted by Crippen LogP contribution is 2.27. The molecule has 1 unspecified atom stereocenters. The van der Waals surface area contributed by atoms with Crippen molar-refractivity contribution >= 4 is 17.6 Å². The van der Waals surface area contributed by atoms with E-state index in [4.69, 9.17) is 4.74 Å². The Morgan fingerprint density at radius 1 is 1.23 bits per heavy atom. The van der Waals surface area contributed by atoms with E-state index in [1.165, 1.54) is 0 Å².